The first-order chi connectivity index (χ1) is 10.6. The van der Waals surface area contributed by atoms with Crippen molar-refractivity contribution in [1.29, 1.82) is 0 Å². The lowest BCUT2D eigenvalue weighted by atomic mass is 10.2. The van der Waals surface area contributed by atoms with Crippen LogP contribution in [-0.2, 0) is 4.79 Å². The fraction of sp³-hybridized carbons (Fsp3) is 0.118. The van der Waals surface area contributed by atoms with Crippen molar-refractivity contribution < 1.29 is 18.7 Å². The van der Waals surface area contributed by atoms with E-state index in [4.69, 9.17) is 9.47 Å². The molecule has 4 nitrogen and oxygen atoms in total. The van der Waals surface area contributed by atoms with Gasteiger partial charge in [0.05, 0.1) is 14.2 Å². The molecule has 1 amide bonds. The molecule has 1 N–H and O–H groups in total. The Morgan fingerprint density at radius 2 is 1.86 bits per heavy atom. The fourth-order valence-electron chi connectivity index (χ4n) is 1.88. The first-order valence-electron chi connectivity index (χ1n) is 6.59. The molecule has 0 heterocycles. The predicted molar refractivity (Wildman–Crippen MR) is 83.6 cm³/mol. The van der Waals surface area contributed by atoms with Crippen molar-refractivity contribution in [3.05, 3.63) is 59.9 Å². The summed E-state index contributed by atoms with van der Waals surface area (Å²) in [5.74, 6) is 0.445. The summed E-state index contributed by atoms with van der Waals surface area (Å²) in [4.78, 5) is 11.8. The van der Waals surface area contributed by atoms with E-state index in [1.807, 2.05) is 0 Å². The molecule has 0 saturated carbocycles. The summed E-state index contributed by atoms with van der Waals surface area (Å²) in [5.41, 5.74) is 1.19. The van der Waals surface area contributed by atoms with Gasteiger partial charge in [0.15, 0.2) is 11.5 Å². The third-order valence-electron chi connectivity index (χ3n) is 2.93. The molecule has 2 aromatic carbocycles. The van der Waals surface area contributed by atoms with Crippen LogP contribution in [0.25, 0.3) is 6.08 Å². The molecule has 114 valence electrons. The summed E-state index contributed by atoms with van der Waals surface area (Å²) in [6.45, 7) is 0. The lowest BCUT2D eigenvalue weighted by molar-refractivity contribution is -0.111. The zero-order chi connectivity index (χ0) is 15.9. The molecule has 0 aromatic heterocycles. The zero-order valence-electron chi connectivity index (χ0n) is 12.3. The number of nitrogens with one attached hydrogen (secondary N) is 1. The molecule has 0 bridgehead atoms. The lowest BCUT2D eigenvalue weighted by Gasteiger charge is -2.07. The molecule has 2 rings (SSSR count). The van der Waals surface area contributed by atoms with Crippen molar-refractivity contribution in [3.8, 4) is 11.5 Å². The van der Waals surface area contributed by atoms with E-state index in [9.17, 15) is 9.18 Å². The van der Waals surface area contributed by atoms with Gasteiger partial charge in [-0.15, -0.1) is 0 Å². The van der Waals surface area contributed by atoms with E-state index in [1.54, 1.807) is 44.6 Å². The largest absolute Gasteiger partial charge is 0.493 e. The van der Waals surface area contributed by atoms with Gasteiger partial charge in [0.25, 0.3) is 0 Å². The molecule has 0 radical (unpaired) electrons. The maximum atomic E-state index is 13.0. The monoisotopic (exact) mass is 301 g/mol. The average Bonchev–Trinajstić information content (AvgIpc) is 2.52. The van der Waals surface area contributed by atoms with Crippen LogP contribution in [0.2, 0.25) is 0 Å². The van der Waals surface area contributed by atoms with Gasteiger partial charge in [-0.1, -0.05) is 12.1 Å². The maximum absolute atomic E-state index is 13.0. The number of hydrogen-bond donors (Lipinski definition) is 1. The Labute approximate surface area is 128 Å². The van der Waals surface area contributed by atoms with E-state index in [2.05, 4.69) is 5.32 Å². The standard InChI is InChI=1S/C17H16FNO3/c1-21-15-8-6-12(10-16(15)22-2)7-9-17(20)19-14-5-3-4-13(18)11-14/h3-11H,1-2H3,(H,19,20). The van der Waals surface area contributed by atoms with Gasteiger partial charge in [0, 0.05) is 11.8 Å². The van der Waals surface area contributed by atoms with E-state index < -0.39 is 5.82 Å². The average molecular weight is 301 g/mol. The van der Waals surface area contributed by atoms with Gasteiger partial charge in [0.2, 0.25) is 5.91 Å². The molecule has 0 aliphatic carbocycles. The normalized spacial score (nSPS) is 10.5. The van der Waals surface area contributed by atoms with Crippen molar-refractivity contribution in [2.24, 2.45) is 0 Å². The van der Waals surface area contributed by atoms with Crippen LogP contribution in [0.1, 0.15) is 5.56 Å². The minimum Gasteiger partial charge on any atom is -0.493 e. The summed E-state index contributed by atoms with van der Waals surface area (Å²) >= 11 is 0. The van der Waals surface area contributed by atoms with Gasteiger partial charge >= 0.3 is 0 Å². The van der Waals surface area contributed by atoms with Crippen molar-refractivity contribution in [2.75, 3.05) is 19.5 Å². The van der Waals surface area contributed by atoms with Crippen LogP contribution in [-0.4, -0.2) is 20.1 Å². The van der Waals surface area contributed by atoms with Crippen molar-refractivity contribution in [3.63, 3.8) is 0 Å². The molecule has 0 spiro atoms. The Kier molecular flexibility index (Phi) is 5.14. The highest BCUT2D eigenvalue weighted by molar-refractivity contribution is 6.01. The van der Waals surface area contributed by atoms with Crippen LogP contribution < -0.4 is 14.8 Å². The molecule has 0 aliphatic rings. The summed E-state index contributed by atoms with van der Waals surface area (Å²) in [5, 5.41) is 2.58. The number of halogens is 1. The van der Waals surface area contributed by atoms with E-state index in [0.717, 1.165) is 5.56 Å². The Hall–Kier alpha value is -2.82. The van der Waals surface area contributed by atoms with E-state index in [1.165, 1.54) is 24.3 Å². The predicted octanol–water partition coefficient (Wildman–Crippen LogP) is 3.49. The van der Waals surface area contributed by atoms with E-state index in [0.29, 0.717) is 17.2 Å². The Morgan fingerprint density at radius 3 is 2.55 bits per heavy atom. The van der Waals surface area contributed by atoms with Gasteiger partial charge in [-0.3, -0.25) is 4.79 Å². The Bertz CT molecular complexity index is 698. The number of carbonyl (C=O) groups excluding carboxylic acids is 1. The topological polar surface area (TPSA) is 47.6 Å². The highest BCUT2D eigenvalue weighted by Crippen LogP contribution is 2.27. The second kappa shape index (κ2) is 7.26. The number of methoxy groups -OCH3 is 2. The zero-order valence-corrected chi connectivity index (χ0v) is 12.3. The molecule has 0 atom stereocenters. The minimum atomic E-state index is -0.401. The molecular weight excluding hydrogens is 285 g/mol. The second-order valence-electron chi connectivity index (χ2n) is 4.45. The van der Waals surface area contributed by atoms with Crippen LogP contribution in [0.4, 0.5) is 10.1 Å². The van der Waals surface area contributed by atoms with E-state index in [-0.39, 0.29) is 5.91 Å². The van der Waals surface area contributed by atoms with Crippen LogP contribution in [0.15, 0.2) is 48.5 Å². The number of ether oxygens (including phenoxy) is 2. The van der Waals surface area contributed by atoms with Crippen LogP contribution >= 0.6 is 0 Å². The van der Waals surface area contributed by atoms with Gasteiger partial charge in [-0.2, -0.15) is 0 Å². The number of benzene rings is 2. The van der Waals surface area contributed by atoms with Gasteiger partial charge < -0.3 is 14.8 Å². The summed E-state index contributed by atoms with van der Waals surface area (Å²) in [6.07, 6.45) is 3.00. The molecule has 5 heteroatoms. The molecular formula is C17H16FNO3. The number of amides is 1. The van der Waals surface area contributed by atoms with Crippen molar-refractivity contribution in [2.45, 2.75) is 0 Å². The fourth-order valence-corrected chi connectivity index (χ4v) is 1.88. The Balaban J connectivity index is 2.06. The molecule has 0 saturated heterocycles. The van der Waals surface area contributed by atoms with Crippen molar-refractivity contribution >= 4 is 17.7 Å². The van der Waals surface area contributed by atoms with Crippen LogP contribution in [0.3, 0.4) is 0 Å². The first-order valence-corrected chi connectivity index (χ1v) is 6.59. The summed E-state index contributed by atoms with van der Waals surface area (Å²) < 4.78 is 23.4. The smallest absolute Gasteiger partial charge is 0.248 e. The number of rotatable bonds is 5. The maximum Gasteiger partial charge on any atom is 0.248 e. The Morgan fingerprint density at radius 1 is 1.09 bits per heavy atom. The second-order valence-corrected chi connectivity index (χ2v) is 4.45. The van der Waals surface area contributed by atoms with Gasteiger partial charge in [0.1, 0.15) is 5.82 Å². The number of anilines is 1. The third kappa shape index (κ3) is 4.09. The molecule has 0 unspecified atom stereocenters. The highest BCUT2D eigenvalue weighted by atomic mass is 19.1. The molecule has 22 heavy (non-hydrogen) atoms. The molecule has 0 aliphatic heterocycles. The summed E-state index contributed by atoms with van der Waals surface area (Å²) in [7, 11) is 3.10. The number of hydrogen-bond acceptors (Lipinski definition) is 3. The van der Waals surface area contributed by atoms with Gasteiger partial charge in [-0.25, -0.2) is 4.39 Å². The van der Waals surface area contributed by atoms with Crippen LogP contribution in [0.5, 0.6) is 11.5 Å². The quantitative estimate of drug-likeness (QED) is 0.860. The van der Waals surface area contributed by atoms with Gasteiger partial charge in [-0.05, 0) is 42.0 Å². The highest BCUT2D eigenvalue weighted by Gasteiger charge is 2.03. The van der Waals surface area contributed by atoms with E-state index >= 15 is 0 Å². The third-order valence-corrected chi connectivity index (χ3v) is 2.93. The first kappa shape index (κ1) is 15.6. The SMILES string of the molecule is COc1ccc(C=CC(=O)Nc2cccc(F)c2)cc1OC. The van der Waals surface area contributed by atoms with Crippen LogP contribution in [0, 0.1) is 5.82 Å². The molecule has 2 aromatic rings. The minimum absolute atomic E-state index is 0.347. The van der Waals surface area contributed by atoms with Crippen molar-refractivity contribution in [1.82, 2.24) is 0 Å². The number of carbonyl (C=O) groups is 1. The summed E-state index contributed by atoms with van der Waals surface area (Å²) in [6, 6.07) is 11.0. The lowest BCUT2D eigenvalue weighted by Crippen LogP contribution is -2.07. The molecule has 0 fully saturated rings.